The molecule has 0 unspecified atom stereocenters. The molecule has 2 rings (SSSR count). The Kier molecular flexibility index (Phi) is 4.61. The maximum atomic E-state index is 13.5. The average molecular weight is 303 g/mol. The van der Waals surface area contributed by atoms with Crippen LogP contribution in [0.4, 0.5) is 10.1 Å². The lowest BCUT2D eigenvalue weighted by Crippen LogP contribution is -2.51. The van der Waals surface area contributed by atoms with Crippen LogP contribution in [0.2, 0.25) is 0 Å². The van der Waals surface area contributed by atoms with Gasteiger partial charge in [0.25, 0.3) is 0 Å². The van der Waals surface area contributed by atoms with Crippen molar-refractivity contribution < 1.29 is 9.18 Å². The van der Waals surface area contributed by atoms with Crippen LogP contribution in [0.5, 0.6) is 0 Å². The van der Waals surface area contributed by atoms with E-state index in [1.807, 2.05) is 13.8 Å². The molecule has 0 radical (unpaired) electrons. The molecule has 0 bridgehead atoms. The molecular formula is C15H18FN5O. The highest BCUT2D eigenvalue weighted by atomic mass is 19.1. The Hall–Kier alpha value is -2.62. The van der Waals surface area contributed by atoms with E-state index >= 15 is 0 Å². The number of fused-ring (bicyclic) bond motifs is 1. The molecular weight excluding hydrogens is 285 g/mol. The molecule has 1 amide bonds. The van der Waals surface area contributed by atoms with Crippen molar-refractivity contribution in [3.05, 3.63) is 29.6 Å². The number of guanidine groups is 1. The number of benzene rings is 1. The molecule has 3 N–H and O–H groups in total. The maximum Gasteiger partial charge on any atom is 0.247 e. The van der Waals surface area contributed by atoms with E-state index in [-0.39, 0.29) is 24.3 Å². The van der Waals surface area contributed by atoms with Gasteiger partial charge < -0.3 is 16.0 Å². The number of hydrogen-bond acceptors (Lipinski definition) is 3. The molecule has 1 aliphatic rings. The molecule has 7 heteroatoms. The highest BCUT2D eigenvalue weighted by Gasteiger charge is 2.35. The van der Waals surface area contributed by atoms with Crippen molar-refractivity contribution in [3.8, 4) is 6.19 Å². The fourth-order valence-electron chi connectivity index (χ4n) is 2.57. The smallest absolute Gasteiger partial charge is 0.247 e. The zero-order valence-corrected chi connectivity index (χ0v) is 12.5. The molecule has 1 heterocycles. The number of halogens is 1. The molecule has 0 aromatic heterocycles. The predicted molar refractivity (Wildman–Crippen MR) is 81.1 cm³/mol. The normalized spacial score (nSPS) is 19.7. The summed E-state index contributed by atoms with van der Waals surface area (Å²) in [6.45, 7) is 4.09. The summed E-state index contributed by atoms with van der Waals surface area (Å²) in [5.41, 5.74) is 6.99. The second-order valence-corrected chi connectivity index (χ2v) is 5.32. The van der Waals surface area contributed by atoms with E-state index in [1.165, 1.54) is 18.2 Å². The van der Waals surface area contributed by atoms with Gasteiger partial charge in [0.05, 0.1) is 0 Å². The Morgan fingerprint density at radius 1 is 1.68 bits per heavy atom. The van der Waals surface area contributed by atoms with Crippen molar-refractivity contribution in [1.82, 2.24) is 4.90 Å². The highest BCUT2D eigenvalue weighted by molar-refractivity contribution is 5.99. The van der Waals surface area contributed by atoms with Crippen molar-refractivity contribution in [2.24, 2.45) is 16.6 Å². The van der Waals surface area contributed by atoms with E-state index in [0.29, 0.717) is 11.3 Å². The molecule has 1 aromatic carbocycles. The number of hydrogen-bond donors (Lipinski definition) is 2. The molecule has 6 nitrogen and oxygen atoms in total. The van der Waals surface area contributed by atoms with Gasteiger partial charge >= 0.3 is 0 Å². The second-order valence-electron chi connectivity index (χ2n) is 5.32. The van der Waals surface area contributed by atoms with E-state index in [1.54, 1.807) is 11.1 Å². The summed E-state index contributed by atoms with van der Waals surface area (Å²) in [5.74, 6) is -0.687. The minimum absolute atomic E-state index is 0.00778. The predicted octanol–water partition coefficient (Wildman–Crippen LogP) is 1.79. The fourth-order valence-corrected chi connectivity index (χ4v) is 2.57. The molecule has 0 saturated carbocycles. The number of nitrogens with one attached hydrogen (secondary N) is 1. The van der Waals surface area contributed by atoms with Crippen LogP contribution in [0, 0.1) is 23.2 Å². The first-order chi connectivity index (χ1) is 10.5. The summed E-state index contributed by atoms with van der Waals surface area (Å²) in [6.07, 6.45) is 2.38. The lowest BCUT2D eigenvalue weighted by atomic mass is 9.97. The Bertz CT molecular complexity index is 652. The lowest BCUT2D eigenvalue weighted by molar-refractivity contribution is -0.121. The van der Waals surface area contributed by atoms with E-state index in [4.69, 9.17) is 11.0 Å². The lowest BCUT2D eigenvalue weighted by Gasteiger charge is -2.32. The highest BCUT2D eigenvalue weighted by Crippen LogP contribution is 2.27. The quantitative estimate of drug-likeness (QED) is 0.495. The van der Waals surface area contributed by atoms with Crippen LogP contribution in [0.15, 0.2) is 23.2 Å². The number of amides is 1. The van der Waals surface area contributed by atoms with Crippen molar-refractivity contribution >= 4 is 17.6 Å². The van der Waals surface area contributed by atoms with Gasteiger partial charge in [-0.25, -0.2) is 4.39 Å². The van der Waals surface area contributed by atoms with E-state index in [9.17, 15) is 9.18 Å². The van der Waals surface area contributed by atoms with Crippen molar-refractivity contribution in [3.63, 3.8) is 0 Å². The molecule has 2 atom stereocenters. The third kappa shape index (κ3) is 3.01. The summed E-state index contributed by atoms with van der Waals surface area (Å²) in [4.78, 5) is 17.6. The van der Waals surface area contributed by atoms with Crippen LogP contribution in [0.1, 0.15) is 25.8 Å². The fraction of sp³-hybridized carbons (Fsp3) is 0.400. The summed E-state index contributed by atoms with van der Waals surface area (Å²) in [5, 5.41) is 11.5. The SMILES string of the molecule is CC[C@H](C)[C@H]1C(=O)Nc2ccc(F)cc2CN1C(N)=NC#N. The number of nitriles is 1. The number of anilines is 1. The van der Waals surface area contributed by atoms with Gasteiger partial charge in [-0.2, -0.15) is 5.26 Å². The van der Waals surface area contributed by atoms with Crippen LogP contribution in [0.3, 0.4) is 0 Å². The largest absolute Gasteiger partial charge is 0.369 e. The third-order valence-corrected chi connectivity index (χ3v) is 3.91. The Balaban J connectivity index is 2.51. The van der Waals surface area contributed by atoms with Crippen molar-refractivity contribution in [1.29, 1.82) is 5.26 Å². The molecule has 0 fully saturated rings. The first-order valence-electron chi connectivity index (χ1n) is 7.06. The molecule has 0 saturated heterocycles. The molecule has 22 heavy (non-hydrogen) atoms. The summed E-state index contributed by atoms with van der Waals surface area (Å²) < 4.78 is 13.5. The van der Waals surface area contributed by atoms with Crippen LogP contribution >= 0.6 is 0 Å². The van der Waals surface area contributed by atoms with Crippen molar-refractivity contribution in [2.75, 3.05) is 5.32 Å². The minimum atomic E-state index is -0.572. The van der Waals surface area contributed by atoms with Gasteiger partial charge in [0.2, 0.25) is 18.1 Å². The van der Waals surface area contributed by atoms with Gasteiger partial charge in [0, 0.05) is 12.2 Å². The number of nitrogens with two attached hydrogens (primary N) is 1. The average Bonchev–Trinajstić information content (AvgIpc) is 2.62. The first kappa shape index (κ1) is 15.8. The summed E-state index contributed by atoms with van der Waals surface area (Å²) in [6, 6.07) is 3.59. The molecule has 1 aliphatic heterocycles. The molecule has 116 valence electrons. The molecule has 1 aromatic rings. The Labute approximate surface area is 128 Å². The van der Waals surface area contributed by atoms with Gasteiger partial charge in [-0.15, -0.1) is 4.99 Å². The first-order valence-corrected chi connectivity index (χ1v) is 7.06. The van der Waals surface area contributed by atoms with Gasteiger partial charge in [0.15, 0.2) is 0 Å². The van der Waals surface area contributed by atoms with E-state index in [0.717, 1.165) is 6.42 Å². The van der Waals surface area contributed by atoms with Crippen LogP contribution in [-0.4, -0.2) is 22.8 Å². The topological polar surface area (TPSA) is 94.5 Å². The standard InChI is InChI=1S/C15H18FN5O/c1-3-9(2)13-14(22)20-12-5-4-11(16)6-10(12)7-21(13)15(18)19-8-17/h4-6,9,13H,3,7H2,1-2H3,(H2,18,19)(H,20,22)/t9-,13-/m0/s1. The van der Waals surface area contributed by atoms with Gasteiger partial charge in [-0.1, -0.05) is 20.3 Å². The van der Waals surface area contributed by atoms with Gasteiger partial charge in [0.1, 0.15) is 11.9 Å². The third-order valence-electron chi connectivity index (χ3n) is 3.91. The molecule has 0 spiro atoms. The number of aliphatic imine (C=N–C) groups is 1. The maximum absolute atomic E-state index is 13.5. The number of carbonyl (C=O) groups excluding carboxylic acids is 1. The zero-order valence-electron chi connectivity index (χ0n) is 12.5. The Morgan fingerprint density at radius 3 is 3.05 bits per heavy atom. The van der Waals surface area contributed by atoms with Gasteiger partial charge in [-0.05, 0) is 29.7 Å². The van der Waals surface area contributed by atoms with Crippen LogP contribution in [0.25, 0.3) is 0 Å². The van der Waals surface area contributed by atoms with E-state index in [2.05, 4.69) is 10.3 Å². The van der Waals surface area contributed by atoms with Crippen molar-refractivity contribution in [2.45, 2.75) is 32.9 Å². The summed E-state index contributed by atoms with van der Waals surface area (Å²) >= 11 is 0. The van der Waals surface area contributed by atoms with Gasteiger partial charge in [-0.3, -0.25) is 4.79 Å². The van der Waals surface area contributed by atoms with E-state index < -0.39 is 11.9 Å². The number of carbonyl (C=O) groups is 1. The minimum Gasteiger partial charge on any atom is -0.369 e. The summed E-state index contributed by atoms with van der Waals surface area (Å²) in [7, 11) is 0. The molecule has 0 aliphatic carbocycles. The Morgan fingerprint density at radius 2 is 2.41 bits per heavy atom. The van der Waals surface area contributed by atoms with Crippen LogP contribution in [-0.2, 0) is 11.3 Å². The number of rotatable bonds is 2. The number of nitrogens with zero attached hydrogens (tertiary/aromatic N) is 3. The monoisotopic (exact) mass is 303 g/mol. The second kappa shape index (κ2) is 6.43. The zero-order chi connectivity index (χ0) is 16.3. The van der Waals surface area contributed by atoms with Crippen LogP contribution < -0.4 is 11.1 Å².